The third kappa shape index (κ3) is 1.29. The van der Waals surface area contributed by atoms with Crippen molar-refractivity contribution in [3.8, 4) is 0 Å². The van der Waals surface area contributed by atoms with Crippen LogP contribution in [0.3, 0.4) is 0 Å². The van der Waals surface area contributed by atoms with E-state index in [0.717, 1.165) is 0 Å². The van der Waals surface area contributed by atoms with Gasteiger partial charge in [0.25, 0.3) is 0 Å². The fourth-order valence-electron chi connectivity index (χ4n) is 1.34. The summed E-state index contributed by atoms with van der Waals surface area (Å²) in [5.74, 6) is 0.508. The van der Waals surface area contributed by atoms with E-state index in [9.17, 15) is 5.11 Å². The zero-order chi connectivity index (χ0) is 10.1. The van der Waals surface area contributed by atoms with Gasteiger partial charge in [0.15, 0.2) is 11.9 Å². The van der Waals surface area contributed by atoms with Crippen LogP contribution in [-0.2, 0) is 14.1 Å². The highest BCUT2D eigenvalue weighted by molar-refractivity contribution is 5.12. The van der Waals surface area contributed by atoms with Gasteiger partial charge in [-0.25, -0.2) is 4.98 Å². The molecule has 1 atom stereocenters. The second-order valence-electron chi connectivity index (χ2n) is 3.02. The van der Waals surface area contributed by atoms with Gasteiger partial charge in [0.05, 0.1) is 5.69 Å². The van der Waals surface area contributed by atoms with Crippen molar-refractivity contribution < 1.29 is 5.11 Å². The Hall–Kier alpha value is -1.69. The van der Waals surface area contributed by atoms with E-state index in [1.165, 1.54) is 11.0 Å². The molecule has 0 aromatic carbocycles. The van der Waals surface area contributed by atoms with Gasteiger partial charge >= 0.3 is 0 Å². The molecule has 2 aromatic heterocycles. The molecule has 0 saturated carbocycles. The molecule has 6 nitrogen and oxygen atoms in total. The SMILES string of the molecule is Cn1nccc1C(O)c1ncnn1C. The van der Waals surface area contributed by atoms with Gasteiger partial charge in [-0.15, -0.1) is 0 Å². The molecule has 0 amide bonds. The number of aromatic nitrogens is 5. The van der Waals surface area contributed by atoms with Crippen LogP contribution in [-0.4, -0.2) is 29.7 Å². The summed E-state index contributed by atoms with van der Waals surface area (Å²) in [6.07, 6.45) is 2.26. The molecule has 0 bridgehead atoms. The van der Waals surface area contributed by atoms with Crippen molar-refractivity contribution in [3.05, 3.63) is 30.1 Å². The van der Waals surface area contributed by atoms with Crippen LogP contribution >= 0.6 is 0 Å². The molecule has 2 rings (SSSR count). The minimum atomic E-state index is -0.782. The van der Waals surface area contributed by atoms with Crippen LogP contribution < -0.4 is 0 Å². The monoisotopic (exact) mass is 193 g/mol. The standard InChI is InChI=1S/C8H11N5O/c1-12-6(3-4-10-12)7(14)8-9-5-11-13(8)2/h3-5,7,14H,1-2H3. The van der Waals surface area contributed by atoms with Crippen molar-refractivity contribution in [1.82, 2.24) is 24.5 Å². The largest absolute Gasteiger partial charge is 0.379 e. The van der Waals surface area contributed by atoms with E-state index < -0.39 is 6.10 Å². The molecule has 1 N–H and O–H groups in total. The average molecular weight is 193 g/mol. The van der Waals surface area contributed by atoms with Crippen LogP contribution in [0.4, 0.5) is 0 Å². The molecule has 0 spiro atoms. The molecular formula is C8H11N5O. The Morgan fingerprint density at radius 1 is 1.29 bits per heavy atom. The first-order valence-corrected chi connectivity index (χ1v) is 4.20. The number of aryl methyl sites for hydroxylation is 2. The summed E-state index contributed by atoms with van der Waals surface area (Å²) >= 11 is 0. The lowest BCUT2D eigenvalue weighted by molar-refractivity contribution is 0.194. The van der Waals surface area contributed by atoms with Gasteiger partial charge in [0, 0.05) is 20.3 Å². The van der Waals surface area contributed by atoms with E-state index in [1.54, 1.807) is 31.0 Å². The molecule has 2 heterocycles. The number of aliphatic hydroxyl groups excluding tert-OH is 1. The van der Waals surface area contributed by atoms with Gasteiger partial charge in [-0.1, -0.05) is 0 Å². The van der Waals surface area contributed by atoms with Crippen LogP contribution in [0.2, 0.25) is 0 Å². The lowest BCUT2D eigenvalue weighted by Crippen LogP contribution is -2.11. The molecule has 0 saturated heterocycles. The maximum atomic E-state index is 9.95. The van der Waals surface area contributed by atoms with Gasteiger partial charge in [-0.3, -0.25) is 9.36 Å². The minimum absolute atomic E-state index is 0.508. The number of aliphatic hydroxyl groups is 1. The van der Waals surface area contributed by atoms with E-state index >= 15 is 0 Å². The number of rotatable bonds is 2. The predicted molar refractivity (Wildman–Crippen MR) is 48.3 cm³/mol. The second kappa shape index (κ2) is 3.22. The van der Waals surface area contributed by atoms with Crippen molar-refractivity contribution in [1.29, 1.82) is 0 Å². The van der Waals surface area contributed by atoms with E-state index in [0.29, 0.717) is 11.5 Å². The van der Waals surface area contributed by atoms with Crippen molar-refractivity contribution in [2.45, 2.75) is 6.10 Å². The first-order valence-electron chi connectivity index (χ1n) is 4.20. The number of hydrogen-bond acceptors (Lipinski definition) is 4. The Labute approximate surface area is 80.8 Å². The fraction of sp³-hybridized carbons (Fsp3) is 0.375. The summed E-state index contributed by atoms with van der Waals surface area (Å²) in [5.41, 5.74) is 0.695. The van der Waals surface area contributed by atoms with Crippen LogP contribution in [0.5, 0.6) is 0 Å². The summed E-state index contributed by atoms with van der Waals surface area (Å²) in [5, 5.41) is 17.8. The maximum Gasteiger partial charge on any atom is 0.161 e. The van der Waals surface area contributed by atoms with Gasteiger partial charge in [0.1, 0.15) is 6.33 Å². The molecule has 0 aliphatic rings. The smallest absolute Gasteiger partial charge is 0.161 e. The molecule has 74 valence electrons. The molecule has 0 fully saturated rings. The molecule has 0 radical (unpaired) electrons. The molecule has 0 aliphatic heterocycles. The third-order valence-electron chi connectivity index (χ3n) is 2.13. The predicted octanol–water partition coefficient (Wildman–Crippen LogP) is -0.370. The van der Waals surface area contributed by atoms with E-state index in [2.05, 4.69) is 15.2 Å². The van der Waals surface area contributed by atoms with E-state index in [-0.39, 0.29) is 0 Å². The Balaban J connectivity index is 2.38. The number of nitrogens with zero attached hydrogens (tertiary/aromatic N) is 5. The summed E-state index contributed by atoms with van der Waals surface area (Å²) < 4.78 is 3.15. The molecular weight excluding hydrogens is 182 g/mol. The van der Waals surface area contributed by atoms with Crippen LogP contribution in [0.1, 0.15) is 17.6 Å². The van der Waals surface area contributed by atoms with Gasteiger partial charge in [0.2, 0.25) is 0 Å². The molecule has 6 heteroatoms. The van der Waals surface area contributed by atoms with E-state index in [1.807, 2.05) is 0 Å². The summed E-state index contributed by atoms with van der Waals surface area (Å²) in [7, 11) is 3.51. The lowest BCUT2D eigenvalue weighted by atomic mass is 10.2. The highest BCUT2D eigenvalue weighted by atomic mass is 16.3. The zero-order valence-electron chi connectivity index (χ0n) is 7.99. The lowest BCUT2D eigenvalue weighted by Gasteiger charge is -2.09. The van der Waals surface area contributed by atoms with Crippen molar-refractivity contribution >= 4 is 0 Å². The van der Waals surface area contributed by atoms with Gasteiger partial charge < -0.3 is 5.11 Å². The fourth-order valence-corrected chi connectivity index (χ4v) is 1.34. The normalized spacial score (nSPS) is 13.1. The van der Waals surface area contributed by atoms with E-state index in [4.69, 9.17) is 0 Å². The van der Waals surface area contributed by atoms with Crippen molar-refractivity contribution in [3.63, 3.8) is 0 Å². The van der Waals surface area contributed by atoms with Crippen molar-refractivity contribution in [2.24, 2.45) is 14.1 Å². The van der Waals surface area contributed by atoms with Gasteiger partial charge in [-0.2, -0.15) is 10.2 Å². The Bertz CT molecular complexity index is 392. The van der Waals surface area contributed by atoms with Crippen LogP contribution in [0.15, 0.2) is 18.6 Å². The van der Waals surface area contributed by atoms with Crippen molar-refractivity contribution in [2.75, 3.05) is 0 Å². The Morgan fingerprint density at radius 3 is 2.57 bits per heavy atom. The van der Waals surface area contributed by atoms with Gasteiger partial charge in [-0.05, 0) is 6.07 Å². The summed E-state index contributed by atoms with van der Waals surface area (Å²) in [6.45, 7) is 0. The highest BCUT2D eigenvalue weighted by Gasteiger charge is 2.18. The van der Waals surface area contributed by atoms with Crippen LogP contribution in [0.25, 0.3) is 0 Å². The quantitative estimate of drug-likeness (QED) is 0.706. The maximum absolute atomic E-state index is 9.95. The average Bonchev–Trinajstić information content (AvgIpc) is 2.73. The minimum Gasteiger partial charge on any atom is -0.379 e. The summed E-state index contributed by atoms with van der Waals surface area (Å²) in [4.78, 5) is 3.97. The summed E-state index contributed by atoms with van der Waals surface area (Å²) in [6, 6.07) is 1.75. The first kappa shape index (κ1) is 8.89. The molecule has 1 unspecified atom stereocenters. The topological polar surface area (TPSA) is 68.8 Å². The Kier molecular flexibility index (Phi) is 2.05. The zero-order valence-corrected chi connectivity index (χ0v) is 7.99. The molecule has 2 aromatic rings. The second-order valence-corrected chi connectivity index (χ2v) is 3.02. The van der Waals surface area contributed by atoms with Crippen LogP contribution in [0, 0.1) is 0 Å². The highest BCUT2D eigenvalue weighted by Crippen LogP contribution is 2.17. The molecule has 14 heavy (non-hydrogen) atoms. The Morgan fingerprint density at radius 2 is 2.07 bits per heavy atom. The number of hydrogen-bond donors (Lipinski definition) is 1. The molecule has 0 aliphatic carbocycles. The first-order chi connectivity index (χ1) is 6.70. The third-order valence-corrected chi connectivity index (χ3v) is 2.13.